The molecule has 0 aromatic rings. The lowest BCUT2D eigenvalue weighted by atomic mass is 10.3. The summed E-state index contributed by atoms with van der Waals surface area (Å²) in [6.45, 7) is 14.7. The van der Waals surface area contributed by atoms with Crippen molar-refractivity contribution in [1.82, 2.24) is 20.9 Å². The number of thiocarbonyl (C=S) groups is 2. The minimum Gasteiger partial charge on any atom is -0.363 e. The van der Waals surface area contributed by atoms with Crippen molar-refractivity contribution in [3.8, 4) is 0 Å². The lowest BCUT2D eigenvalue weighted by Gasteiger charge is -2.21. The second kappa shape index (κ2) is 10.6. The molecule has 0 aromatic carbocycles. The highest BCUT2D eigenvalue weighted by molar-refractivity contribution is 7.80. The molecule has 4 nitrogen and oxygen atoms in total. The van der Waals surface area contributed by atoms with Crippen LogP contribution in [0.1, 0.15) is 20.3 Å². The summed E-state index contributed by atoms with van der Waals surface area (Å²) in [7, 11) is 1.98. The van der Waals surface area contributed by atoms with Gasteiger partial charge in [-0.15, -0.1) is 0 Å². The molecule has 0 saturated carbocycles. The summed E-state index contributed by atoms with van der Waals surface area (Å²) in [5, 5.41) is 10.8. The average molecular weight is 315 g/mol. The Morgan fingerprint density at radius 2 is 1.55 bits per heavy atom. The monoisotopic (exact) mass is 314 g/mol. The highest BCUT2D eigenvalue weighted by Crippen LogP contribution is 1.91. The quantitative estimate of drug-likeness (QED) is 0.360. The van der Waals surface area contributed by atoms with E-state index in [-0.39, 0.29) is 0 Å². The van der Waals surface area contributed by atoms with Crippen LogP contribution >= 0.6 is 24.4 Å². The van der Waals surface area contributed by atoms with Gasteiger partial charge in [0.2, 0.25) is 0 Å². The molecule has 114 valence electrons. The van der Waals surface area contributed by atoms with Gasteiger partial charge in [0.25, 0.3) is 0 Å². The minimum atomic E-state index is 0.665. The lowest BCUT2D eigenvalue weighted by Crippen LogP contribution is -2.40. The first-order valence-corrected chi connectivity index (χ1v) is 7.44. The molecule has 3 N–H and O–H groups in total. The minimum absolute atomic E-state index is 0.665. The Bertz CT molecular complexity index is 366. The molecular weight excluding hydrogens is 288 g/mol. The largest absolute Gasteiger partial charge is 0.363 e. The fourth-order valence-electron chi connectivity index (χ4n) is 1.27. The first kappa shape index (κ1) is 18.9. The second-order valence-corrected chi connectivity index (χ2v) is 5.75. The van der Waals surface area contributed by atoms with Gasteiger partial charge in [-0.3, -0.25) is 0 Å². The Hall–Kier alpha value is -1.14. The summed E-state index contributed by atoms with van der Waals surface area (Å²) in [6, 6.07) is 0. The average Bonchev–Trinajstić information content (AvgIpc) is 2.38. The third-order valence-corrected chi connectivity index (χ3v) is 3.14. The molecule has 0 aromatic heterocycles. The van der Waals surface area contributed by atoms with E-state index in [0.29, 0.717) is 11.7 Å². The lowest BCUT2D eigenvalue weighted by molar-refractivity contribution is 0.479. The Balaban J connectivity index is 3.67. The van der Waals surface area contributed by atoms with Crippen LogP contribution in [0.5, 0.6) is 0 Å². The van der Waals surface area contributed by atoms with Crippen LogP contribution in [0.4, 0.5) is 0 Å². The molecule has 0 bridgehead atoms. The van der Waals surface area contributed by atoms with Gasteiger partial charge in [-0.2, -0.15) is 0 Å². The van der Waals surface area contributed by atoms with Gasteiger partial charge in [-0.25, -0.2) is 0 Å². The van der Waals surface area contributed by atoms with Crippen LogP contribution in [-0.2, 0) is 0 Å². The summed E-state index contributed by atoms with van der Waals surface area (Å²) in [5.41, 5.74) is 2.12. The third-order valence-electron chi connectivity index (χ3n) is 2.39. The first-order chi connectivity index (χ1) is 9.32. The summed E-state index contributed by atoms with van der Waals surface area (Å²) in [4.78, 5) is 2.02. The maximum atomic E-state index is 5.27. The van der Waals surface area contributed by atoms with Crippen molar-refractivity contribution in [2.45, 2.75) is 20.3 Å². The van der Waals surface area contributed by atoms with Gasteiger partial charge < -0.3 is 20.9 Å². The van der Waals surface area contributed by atoms with E-state index in [1.807, 2.05) is 25.8 Å². The molecular formula is C14H26N4S2. The predicted molar refractivity (Wildman–Crippen MR) is 96.1 cm³/mol. The van der Waals surface area contributed by atoms with E-state index in [9.17, 15) is 0 Å². The van der Waals surface area contributed by atoms with E-state index in [1.165, 1.54) is 0 Å². The maximum absolute atomic E-state index is 5.27. The Morgan fingerprint density at radius 1 is 1.00 bits per heavy atom. The molecule has 0 aliphatic rings. The standard InChI is InChI=1S/C14H26N4S2/c1-11(2)9-16-13(19)15-7-6-8-18(5)14(20)17-10-12(3)4/h1,3,6-10H2,2,4-5H3,(H,17,20)(H2,15,16,19). The van der Waals surface area contributed by atoms with Crippen molar-refractivity contribution >= 4 is 34.7 Å². The summed E-state index contributed by atoms with van der Waals surface area (Å²) in [6.07, 6.45) is 0.959. The van der Waals surface area contributed by atoms with Gasteiger partial charge in [0, 0.05) is 33.2 Å². The fraction of sp³-hybridized carbons (Fsp3) is 0.571. The van der Waals surface area contributed by atoms with Crippen LogP contribution in [0.2, 0.25) is 0 Å². The second-order valence-electron chi connectivity index (χ2n) is 4.96. The molecule has 0 aliphatic carbocycles. The number of nitrogens with one attached hydrogen (secondary N) is 3. The fourth-order valence-corrected chi connectivity index (χ4v) is 1.61. The van der Waals surface area contributed by atoms with Crippen LogP contribution < -0.4 is 16.0 Å². The zero-order valence-electron chi connectivity index (χ0n) is 12.7. The topological polar surface area (TPSA) is 39.3 Å². The van der Waals surface area contributed by atoms with Crippen molar-refractivity contribution in [2.75, 3.05) is 33.2 Å². The van der Waals surface area contributed by atoms with Gasteiger partial charge in [-0.1, -0.05) is 24.3 Å². The molecule has 20 heavy (non-hydrogen) atoms. The summed E-state index contributed by atoms with van der Waals surface area (Å²) >= 11 is 10.4. The molecule has 6 heteroatoms. The van der Waals surface area contributed by atoms with E-state index >= 15 is 0 Å². The van der Waals surface area contributed by atoms with Crippen LogP contribution in [-0.4, -0.2) is 48.4 Å². The molecule has 0 saturated heterocycles. The molecule has 0 fully saturated rings. The van der Waals surface area contributed by atoms with E-state index in [4.69, 9.17) is 24.4 Å². The van der Waals surface area contributed by atoms with Crippen LogP contribution in [0.15, 0.2) is 24.3 Å². The van der Waals surface area contributed by atoms with Gasteiger partial charge in [0.15, 0.2) is 10.2 Å². The van der Waals surface area contributed by atoms with Crippen LogP contribution in [0.25, 0.3) is 0 Å². The van der Waals surface area contributed by atoms with Gasteiger partial charge in [0.1, 0.15) is 0 Å². The summed E-state index contributed by atoms with van der Waals surface area (Å²) < 4.78 is 0. The number of rotatable bonds is 8. The molecule has 0 radical (unpaired) electrons. The molecule has 0 rings (SSSR count). The molecule has 0 spiro atoms. The zero-order valence-corrected chi connectivity index (χ0v) is 14.3. The Morgan fingerprint density at radius 3 is 2.10 bits per heavy atom. The normalized spacial score (nSPS) is 9.55. The predicted octanol–water partition coefficient (Wildman–Crippen LogP) is 1.80. The SMILES string of the molecule is C=C(C)CNC(=S)NCCCN(C)C(=S)NCC(=C)C. The van der Waals surface area contributed by atoms with Gasteiger partial charge in [0.05, 0.1) is 0 Å². The number of nitrogens with zero attached hydrogens (tertiary/aromatic N) is 1. The Kier molecular flexibility index (Phi) is 10.0. The zero-order chi connectivity index (χ0) is 15.5. The van der Waals surface area contributed by atoms with E-state index in [0.717, 1.165) is 42.3 Å². The van der Waals surface area contributed by atoms with Crippen molar-refractivity contribution < 1.29 is 0 Å². The van der Waals surface area contributed by atoms with Crippen molar-refractivity contribution in [2.24, 2.45) is 0 Å². The van der Waals surface area contributed by atoms with E-state index in [1.54, 1.807) is 0 Å². The molecule has 0 aliphatic heterocycles. The van der Waals surface area contributed by atoms with Crippen LogP contribution in [0.3, 0.4) is 0 Å². The van der Waals surface area contributed by atoms with E-state index in [2.05, 4.69) is 29.1 Å². The number of hydrogen-bond donors (Lipinski definition) is 3. The highest BCUT2D eigenvalue weighted by atomic mass is 32.1. The molecule has 0 unspecified atom stereocenters. The molecule has 0 atom stereocenters. The van der Waals surface area contributed by atoms with Gasteiger partial charge in [-0.05, 0) is 44.7 Å². The van der Waals surface area contributed by atoms with Crippen molar-refractivity contribution in [3.63, 3.8) is 0 Å². The van der Waals surface area contributed by atoms with E-state index < -0.39 is 0 Å². The maximum Gasteiger partial charge on any atom is 0.168 e. The van der Waals surface area contributed by atoms with Crippen molar-refractivity contribution in [1.29, 1.82) is 0 Å². The van der Waals surface area contributed by atoms with Crippen LogP contribution in [0, 0.1) is 0 Å². The van der Waals surface area contributed by atoms with Crippen molar-refractivity contribution in [3.05, 3.63) is 24.3 Å². The highest BCUT2D eigenvalue weighted by Gasteiger charge is 2.03. The number of hydrogen-bond acceptors (Lipinski definition) is 2. The smallest absolute Gasteiger partial charge is 0.168 e. The van der Waals surface area contributed by atoms with Gasteiger partial charge >= 0.3 is 0 Å². The first-order valence-electron chi connectivity index (χ1n) is 6.62. The molecule has 0 amide bonds. The molecule has 0 heterocycles. The summed E-state index contributed by atoms with van der Waals surface area (Å²) in [5.74, 6) is 0. The Labute approximate surface area is 133 Å². The third kappa shape index (κ3) is 10.8.